The normalized spacial score (nSPS) is 10.7. The zero-order valence-corrected chi connectivity index (χ0v) is 14.1. The highest BCUT2D eigenvalue weighted by molar-refractivity contribution is 14.1. The van der Waals surface area contributed by atoms with Gasteiger partial charge in [-0.3, -0.25) is 4.79 Å². The van der Waals surface area contributed by atoms with Crippen LogP contribution in [0.3, 0.4) is 0 Å². The lowest BCUT2D eigenvalue weighted by molar-refractivity contribution is -0.119. The second kappa shape index (κ2) is 7.88. The fourth-order valence-electron chi connectivity index (χ4n) is 1.77. The Bertz CT molecular complexity index is 686. The molecule has 2 rings (SSSR count). The van der Waals surface area contributed by atoms with Gasteiger partial charge in [0.2, 0.25) is 0 Å². The van der Waals surface area contributed by atoms with Crippen molar-refractivity contribution in [2.24, 2.45) is 5.10 Å². The first kappa shape index (κ1) is 16.4. The molecule has 0 aliphatic heterocycles. The molecular formula is C16H15FIN3O. The predicted molar refractivity (Wildman–Crippen MR) is 94.5 cm³/mol. The van der Waals surface area contributed by atoms with E-state index in [4.69, 9.17) is 0 Å². The molecule has 0 spiro atoms. The molecule has 4 nitrogen and oxygen atoms in total. The summed E-state index contributed by atoms with van der Waals surface area (Å²) in [6.07, 6.45) is 1.47. The van der Waals surface area contributed by atoms with Crippen LogP contribution in [0.15, 0.2) is 47.6 Å². The number of carbonyl (C=O) groups excluding carboxylic acids is 1. The lowest BCUT2D eigenvalue weighted by Gasteiger charge is -2.08. The van der Waals surface area contributed by atoms with Crippen LogP contribution >= 0.6 is 22.6 Å². The molecule has 0 aromatic heterocycles. The molecule has 0 radical (unpaired) electrons. The quantitative estimate of drug-likeness (QED) is 0.451. The Labute approximate surface area is 142 Å². The number of amides is 1. The maximum absolute atomic E-state index is 12.7. The van der Waals surface area contributed by atoms with Crippen molar-refractivity contribution in [2.75, 3.05) is 11.9 Å². The first-order chi connectivity index (χ1) is 10.5. The van der Waals surface area contributed by atoms with E-state index in [0.29, 0.717) is 5.56 Å². The van der Waals surface area contributed by atoms with Crippen molar-refractivity contribution < 1.29 is 9.18 Å². The van der Waals surface area contributed by atoms with Crippen molar-refractivity contribution in [3.8, 4) is 0 Å². The number of carbonyl (C=O) groups is 1. The van der Waals surface area contributed by atoms with Crippen molar-refractivity contribution in [3.05, 3.63) is 63.0 Å². The minimum absolute atomic E-state index is 0.127. The van der Waals surface area contributed by atoms with Crippen LogP contribution in [-0.4, -0.2) is 18.7 Å². The molecule has 0 atom stereocenters. The van der Waals surface area contributed by atoms with Gasteiger partial charge in [-0.25, -0.2) is 9.82 Å². The third-order valence-electron chi connectivity index (χ3n) is 2.90. The van der Waals surface area contributed by atoms with Gasteiger partial charge in [0.05, 0.1) is 12.8 Å². The van der Waals surface area contributed by atoms with Crippen LogP contribution < -0.4 is 10.7 Å². The summed E-state index contributed by atoms with van der Waals surface area (Å²) in [6, 6.07) is 11.8. The highest BCUT2D eigenvalue weighted by atomic mass is 127. The minimum Gasteiger partial charge on any atom is -0.376 e. The summed E-state index contributed by atoms with van der Waals surface area (Å²) in [5.41, 5.74) is 5.12. The van der Waals surface area contributed by atoms with E-state index < -0.39 is 0 Å². The van der Waals surface area contributed by atoms with Gasteiger partial charge < -0.3 is 5.32 Å². The molecule has 1 amide bonds. The number of hydrogen-bond acceptors (Lipinski definition) is 3. The van der Waals surface area contributed by atoms with Crippen LogP contribution in [0.4, 0.5) is 10.1 Å². The number of benzene rings is 2. The molecule has 0 saturated heterocycles. The van der Waals surface area contributed by atoms with Crippen LogP contribution in [0.2, 0.25) is 0 Å². The van der Waals surface area contributed by atoms with Crippen molar-refractivity contribution in [1.82, 2.24) is 5.43 Å². The molecule has 0 bridgehead atoms. The van der Waals surface area contributed by atoms with Crippen LogP contribution in [0, 0.1) is 16.3 Å². The Morgan fingerprint density at radius 2 is 2.00 bits per heavy atom. The Balaban J connectivity index is 1.81. The molecule has 0 aliphatic rings. The van der Waals surface area contributed by atoms with Gasteiger partial charge in [-0.15, -0.1) is 0 Å². The van der Waals surface area contributed by atoms with Gasteiger partial charge in [0, 0.05) is 9.26 Å². The molecule has 6 heteroatoms. The summed E-state index contributed by atoms with van der Waals surface area (Å²) in [7, 11) is 0. The molecule has 0 aliphatic carbocycles. The van der Waals surface area contributed by atoms with Gasteiger partial charge in [0.15, 0.2) is 0 Å². The zero-order chi connectivity index (χ0) is 15.9. The summed E-state index contributed by atoms with van der Waals surface area (Å²) in [5, 5.41) is 6.89. The Kier molecular flexibility index (Phi) is 5.88. The molecule has 114 valence electrons. The summed E-state index contributed by atoms with van der Waals surface area (Å²) in [6.45, 7) is 2.11. The minimum atomic E-state index is -0.307. The highest BCUT2D eigenvalue weighted by Gasteiger charge is 2.02. The van der Waals surface area contributed by atoms with Crippen molar-refractivity contribution in [2.45, 2.75) is 6.92 Å². The van der Waals surface area contributed by atoms with Gasteiger partial charge in [-0.2, -0.15) is 5.10 Å². The fraction of sp³-hybridized carbons (Fsp3) is 0.125. The SMILES string of the molecule is Cc1cc(I)ccc1NCC(=O)N/N=C/c1ccc(F)cc1. The second-order valence-corrected chi connectivity index (χ2v) is 5.90. The topological polar surface area (TPSA) is 53.5 Å². The van der Waals surface area contributed by atoms with Crippen molar-refractivity contribution >= 4 is 40.4 Å². The van der Waals surface area contributed by atoms with Gasteiger partial charge in [-0.05, 0) is 71.0 Å². The monoisotopic (exact) mass is 411 g/mol. The van der Waals surface area contributed by atoms with E-state index in [-0.39, 0.29) is 18.3 Å². The Morgan fingerprint density at radius 1 is 1.27 bits per heavy atom. The summed E-state index contributed by atoms with van der Waals surface area (Å²) in [5.74, 6) is -0.561. The first-order valence-electron chi connectivity index (χ1n) is 6.62. The van der Waals surface area contributed by atoms with E-state index in [9.17, 15) is 9.18 Å². The van der Waals surface area contributed by atoms with E-state index in [1.54, 1.807) is 12.1 Å². The van der Waals surface area contributed by atoms with Crippen LogP contribution in [0.25, 0.3) is 0 Å². The lowest BCUT2D eigenvalue weighted by Crippen LogP contribution is -2.26. The van der Waals surface area contributed by atoms with Crippen molar-refractivity contribution in [1.29, 1.82) is 0 Å². The smallest absolute Gasteiger partial charge is 0.259 e. The molecule has 22 heavy (non-hydrogen) atoms. The molecule has 0 heterocycles. The highest BCUT2D eigenvalue weighted by Crippen LogP contribution is 2.17. The average Bonchev–Trinajstić information content (AvgIpc) is 2.48. The first-order valence-corrected chi connectivity index (χ1v) is 7.70. The number of anilines is 1. The number of rotatable bonds is 5. The number of aryl methyl sites for hydroxylation is 1. The van der Waals surface area contributed by atoms with E-state index in [1.807, 2.05) is 25.1 Å². The number of nitrogens with zero attached hydrogens (tertiary/aromatic N) is 1. The van der Waals surface area contributed by atoms with E-state index in [0.717, 1.165) is 14.8 Å². The number of hydrazone groups is 1. The Hall–Kier alpha value is -1.96. The van der Waals surface area contributed by atoms with Gasteiger partial charge in [-0.1, -0.05) is 12.1 Å². The van der Waals surface area contributed by atoms with Crippen molar-refractivity contribution in [3.63, 3.8) is 0 Å². The van der Waals surface area contributed by atoms with E-state index in [2.05, 4.69) is 38.4 Å². The van der Waals surface area contributed by atoms with Gasteiger partial charge in [0.1, 0.15) is 5.82 Å². The molecule has 2 aromatic rings. The van der Waals surface area contributed by atoms with Crippen LogP contribution in [0.5, 0.6) is 0 Å². The predicted octanol–water partition coefficient (Wildman–Crippen LogP) is 3.30. The molecule has 2 N–H and O–H groups in total. The number of halogens is 2. The standard InChI is InChI=1S/C16H15FIN3O/c1-11-8-14(18)6-7-15(11)19-10-16(22)21-20-9-12-2-4-13(17)5-3-12/h2-9,19H,10H2,1H3,(H,21,22)/b20-9+. The zero-order valence-electron chi connectivity index (χ0n) is 11.9. The lowest BCUT2D eigenvalue weighted by atomic mass is 10.2. The maximum atomic E-state index is 12.7. The molecular weight excluding hydrogens is 396 g/mol. The molecule has 0 unspecified atom stereocenters. The summed E-state index contributed by atoms with van der Waals surface area (Å²) >= 11 is 2.24. The molecule has 0 fully saturated rings. The van der Waals surface area contributed by atoms with Gasteiger partial charge >= 0.3 is 0 Å². The maximum Gasteiger partial charge on any atom is 0.259 e. The third kappa shape index (κ3) is 5.10. The van der Waals surface area contributed by atoms with Crippen LogP contribution in [0.1, 0.15) is 11.1 Å². The van der Waals surface area contributed by atoms with Gasteiger partial charge in [0.25, 0.3) is 5.91 Å². The van der Waals surface area contributed by atoms with E-state index in [1.165, 1.54) is 18.3 Å². The van der Waals surface area contributed by atoms with Crippen LogP contribution in [-0.2, 0) is 4.79 Å². The summed E-state index contributed by atoms with van der Waals surface area (Å²) in [4.78, 5) is 11.7. The molecule has 0 saturated carbocycles. The summed E-state index contributed by atoms with van der Waals surface area (Å²) < 4.78 is 13.9. The largest absolute Gasteiger partial charge is 0.376 e. The number of nitrogens with one attached hydrogen (secondary N) is 2. The van der Waals surface area contributed by atoms with E-state index >= 15 is 0 Å². The molecule has 2 aromatic carbocycles. The second-order valence-electron chi connectivity index (χ2n) is 4.66. The number of hydrogen-bond donors (Lipinski definition) is 2. The Morgan fingerprint density at radius 3 is 2.68 bits per heavy atom. The average molecular weight is 411 g/mol. The third-order valence-corrected chi connectivity index (χ3v) is 3.57. The fourth-order valence-corrected chi connectivity index (χ4v) is 2.42.